The average Bonchev–Trinajstić information content (AvgIpc) is 3.12. The molecule has 0 bridgehead atoms. The van der Waals surface area contributed by atoms with Gasteiger partial charge >= 0.3 is 0 Å². The number of nitrogens with one attached hydrogen (secondary N) is 1. The number of nitrogens with zero attached hydrogens (tertiary/aromatic N) is 3. The molecule has 1 aromatic carbocycles. The Hall–Kier alpha value is -2.91. The third kappa shape index (κ3) is 2.61. The number of aromatic nitrogens is 3. The molecule has 0 aliphatic rings. The van der Waals surface area contributed by atoms with Crippen LogP contribution in [0.3, 0.4) is 0 Å². The number of rotatable bonds is 3. The lowest BCUT2D eigenvalue weighted by atomic mass is 10.1. The Balaban J connectivity index is 1.76. The summed E-state index contributed by atoms with van der Waals surface area (Å²) in [4.78, 5) is 5.65. The monoisotopic (exact) mass is 364 g/mol. The Kier molecular flexibility index (Phi) is 3.89. The lowest BCUT2D eigenvalue weighted by molar-refractivity contribution is 0.612. The molecule has 26 heavy (non-hydrogen) atoms. The fourth-order valence-corrected chi connectivity index (χ4v) is 4.52. The normalized spacial score (nSPS) is 11.2. The van der Waals surface area contributed by atoms with E-state index in [4.69, 9.17) is 6.42 Å². The van der Waals surface area contributed by atoms with Crippen LogP contribution in [0, 0.1) is 32.0 Å². The van der Waals surface area contributed by atoms with Crippen LogP contribution in [0.25, 0.3) is 20.4 Å². The van der Waals surface area contributed by atoms with Crippen molar-refractivity contribution in [3.63, 3.8) is 0 Å². The van der Waals surface area contributed by atoms with Gasteiger partial charge in [-0.05, 0) is 43.7 Å². The maximum absolute atomic E-state index is 14.1. The zero-order valence-electron chi connectivity index (χ0n) is 14.7. The van der Waals surface area contributed by atoms with Gasteiger partial charge in [0.05, 0.1) is 10.2 Å². The number of benzene rings is 1. The van der Waals surface area contributed by atoms with E-state index in [1.807, 2.05) is 18.7 Å². The Morgan fingerprint density at radius 1 is 1.31 bits per heavy atom. The molecule has 6 heteroatoms. The second-order valence-electron chi connectivity index (χ2n) is 6.32. The number of anilines is 1. The molecule has 0 unspecified atom stereocenters. The minimum absolute atomic E-state index is 0.284. The Morgan fingerprint density at radius 2 is 2.12 bits per heavy atom. The predicted molar refractivity (Wildman–Crippen MR) is 105 cm³/mol. The van der Waals surface area contributed by atoms with Gasteiger partial charge in [0.25, 0.3) is 0 Å². The lowest BCUT2D eigenvalue weighted by Crippen LogP contribution is -2.03. The number of thiophene rings is 1. The van der Waals surface area contributed by atoms with E-state index in [9.17, 15) is 4.39 Å². The molecule has 0 saturated carbocycles. The minimum atomic E-state index is -0.284. The van der Waals surface area contributed by atoms with E-state index in [0.29, 0.717) is 17.7 Å². The van der Waals surface area contributed by atoms with Crippen LogP contribution in [-0.4, -0.2) is 14.8 Å². The molecule has 1 N–H and O–H groups in total. The van der Waals surface area contributed by atoms with Crippen LogP contribution in [0.2, 0.25) is 0 Å². The first kappa shape index (κ1) is 16.6. The molecule has 0 aliphatic carbocycles. The standard InChI is InChI=1S/C20H17FN4S/c1-5-13-6-7-15(21)14(9-13)10-22-19-18-17(25(4)24-19)16-11(2)8-12(3)23-20(16)26-18/h1,6-9H,10H2,2-4H3,(H,22,24). The van der Waals surface area contributed by atoms with Gasteiger partial charge in [0.15, 0.2) is 5.82 Å². The Bertz CT molecular complexity index is 1200. The van der Waals surface area contributed by atoms with E-state index < -0.39 is 0 Å². The molecular weight excluding hydrogens is 347 g/mol. The molecule has 0 saturated heterocycles. The maximum atomic E-state index is 14.1. The molecule has 4 rings (SSSR count). The predicted octanol–water partition coefficient (Wildman–Crippen LogP) is 4.53. The fourth-order valence-electron chi connectivity index (χ4n) is 3.23. The van der Waals surface area contributed by atoms with Crippen LogP contribution in [0.5, 0.6) is 0 Å². The van der Waals surface area contributed by atoms with Gasteiger partial charge in [0.1, 0.15) is 10.6 Å². The van der Waals surface area contributed by atoms with Crippen LogP contribution in [-0.2, 0) is 13.6 Å². The first-order valence-corrected chi connectivity index (χ1v) is 9.02. The number of fused-ring (bicyclic) bond motifs is 3. The van der Waals surface area contributed by atoms with Crippen molar-refractivity contribution in [3.8, 4) is 12.3 Å². The van der Waals surface area contributed by atoms with E-state index in [1.165, 1.54) is 11.6 Å². The second kappa shape index (κ2) is 6.11. The van der Waals surface area contributed by atoms with Crippen molar-refractivity contribution in [1.82, 2.24) is 14.8 Å². The summed E-state index contributed by atoms with van der Waals surface area (Å²) in [6.45, 7) is 4.40. The molecule has 4 aromatic rings. The molecule has 0 radical (unpaired) electrons. The number of aryl methyl sites for hydroxylation is 3. The lowest BCUT2D eigenvalue weighted by Gasteiger charge is -2.05. The molecule has 3 heterocycles. The summed E-state index contributed by atoms with van der Waals surface area (Å²) in [7, 11) is 1.92. The summed E-state index contributed by atoms with van der Waals surface area (Å²) in [6.07, 6.45) is 5.41. The largest absolute Gasteiger partial charge is 0.363 e. The van der Waals surface area contributed by atoms with E-state index >= 15 is 0 Å². The zero-order valence-corrected chi connectivity index (χ0v) is 15.5. The SMILES string of the molecule is C#Cc1ccc(F)c(CNc2nn(C)c3c2sc2nc(C)cc(C)c23)c1. The quantitative estimate of drug-likeness (QED) is 0.543. The summed E-state index contributed by atoms with van der Waals surface area (Å²) in [5.41, 5.74) is 4.41. The molecule has 3 aromatic heterocycles. The van der Waals surface area contributed by atoms with Crippen LogP contribution in [0.4, 0.5) is 10.2 Å². The van der Waals surface area contributed by atoms with Crippen molar-refractivity contribution in [1.29, 1.82) is 0 Å². The summed E-state index contributed by atoms with van der Waals surface area (Å²) in [5, 5.41) is 8.95. The van der Waals surface area contributed by atoms with Gasteiger partial charge in [-0.25, -0.2) is 9.37 Å². The van der Waals surface area contributed by atoms with Crippen LogP contribution in [0.15, 0.2) is 24.3 Å². The highest BCUT2D eigenvalue weighted by Gasteiger charge is 2.18. The van der Waals surface area contributed by atoms with E-state index in [0.717, 1.165) is 31.9 Å². The number of halogens is 1. The highest BCUT2D eigenvalue weighted by molar-refractivity contribution is 7.26. The highest BCUT2D eigenvalue weighted by Crippen LogP contribution is 2.38. The van der Waals surface area contributed by atoms with Gasteiger partial charge in [-0.3, -0.25) is 4.68 Å². The third-order valence-electron chi connectivity index (χ3n) is 4.41. The van der Waals surface area contributed by atoms with Gasteiger partial charge in [-0.1, -0.05) is 5.92 Å². The molecule has 130 valence electrons. The maximum Gasteiger partial charge on any atom is 0.166 e. The second-order valence-corrected chi connectivity index (χ2v) is 7.32. The number of terminal acetylenes is 1. The first-order chi connectivity index (χ1) is 12.5. The van der Waals surface area contributed by atoms with Gasteiger partial charge in [-0.2, -0.15) is 5.10 Å². The number of hydrogen-bond acceptors (Lipinski definition) is 4. The average molecular weight is 364 g/mol. The van der Waals surface area contributed by atoms with Crippen molar-refractivity contribution < 1.29 is 4.39 Å². The van der Waals surface area contributed by atoms with Crippen molar-refractivity contribution in [2.45, 2.75) is 20.4 Å². The van der Waals surface area contributed by atoms with Gasteiger partial charge in [0, 0.05) is 35.8 Å². The Morgan fingerprint density at radius 3 is 2.88 bits per heavy atom. The topological polar surface area (TPSA) is 42.7 Å². The van der Waals surface area contributed by atoms with Gasteiger partial charge in [-0.15, -0.1) is 17.8 Å². The summed E-state index contributed by atoms with van der Waals surface area (Å²) in [5.74, 6) is 2.98. The smallest absolute Gasteiger partial charge is 0.166 e. The van der Waals surface area contributed by atoms with Gasteiger partial charge in [0.2, 0.25) is 0 Å². The molecule has 0 spiro atoms. The van der Waals surface area contributed by atoms with Gasteiger partial charge < -0.3 is 5.32 Å². The summed E-state index contributed by atoms with van der Waals surface area (Å²) >= 11 is 1.60. The summed E-state index contributed by atoms with van der Waals surface area (Å²) in [6, 6.07) is 6.76. The third-order valence-corrected chi connectivity index (χ3v) is 5.49. The zero-order chi connectivity index (χ0) is 18.4. The first-order valence-electron chi connectivity index (χ1n) is 8.20. The number of pyridine rings is 1. The fraction of sp³-hybridized carbons (Fsp3) is 0.200. The van der Waals surface area contributed by atoms with Crippen molar-refractivity contribution in [3.05, 3.63) is 52.5 Å². The minimum Gasteiger partial charge on any atom is -0.363 e. The molecule has 0 aliphatic heterocycles. The van der Waals surface area contributed by atoms with E-state index in [-0.39, 0.29) is 5.82 Å². The van der Waals surface area contributed by atoms with E-state index in [1.54, 1.807) is 23.5 Å². The summed E-state index contributed by atoms with van der Waals surface area (Å²) < 4.78 is 16.9. The van der Waals surface area contributed by atoms with E-state index in [2.05, 4.69) is 34.3 Å². The van der Waals surface area contributed by atoms with Crippen molar-refractivity contribution >= 4 is 37.6 Å². The van der Waals surface area contributed by atoms with Crippen molar-refractivity contribution in [2.24, 2.45) is 7.05 Å². The van der Waals surface area contributed by atoms with Crippen LogP contribution in [0.1, 0.15) is 22.4 Å². The molecule has 4 nitrogen and oxygen atoms in total. The van der Waals surface area contributed by atoms with Crippen LogP contribution >= 0.6 is 11.3 Å². The molecule has 0 amide bonds. The molecule has 0 fully saturated rings. The number of hydrogen-bond donors (Lipinski definition) is 1. The molecule has 0 atom stereocenters. The molecular formula is C20H17FN4S. The Labute approximate surface area is 154 Å². The highest BCUT2D eigenvalue weighted by atomic mass is 32.1. The van der Waals surface area contributed by atoms with Crippen molar-refractivity contribution in [2.75, 3.05) is 5.32 Å². The van der Waals surface area contributed by atoms with Crippen LogP contribution < -0.4 is 5.32 Å².